The second-order valence-corrected chi connectivity index (χ2v) is 4.51. The van der Waals surface area contributed by atoms with Crippen molar-refractivity contribution in [2.45, 2.75) is 32.4 Å². The van der Waals surface area contributed by atoms with Crippen LogP contribution >= 0.6 is 0 Å². The Labute approximate surface area is 113 Å². The molecule has 1 unspecified atom stereocenters. The molecule has 2 N–H and O–H groups in total. The van der Waals surface area contributed by atoms with E-state index in [0.717, 1.165) is 44.3 Å². The van der Waals surface area contributed by atoms with Crippen molar-refractivity contribution in [1.29, 1.82) is 0 Å². The summed E-state index contributed by atoms with van der Waals surface area (Å²) in [6.45, 7) is 5.06. The molecule has 1 saturated heterocycles. The molecule has 0 aromatic carbocycles. The fourth-order valence-electron chi connectivity index (χ4n) is 1.97. The van der Waals surface area contributed by atoms with Crippen LogP contribution in [0.4, 0.5) is 0 Å². The highest BCUT2D eigenvalue weighted by molar-refractivity contribution is 5.79. The Hall–Kier alpha value is -1.63. The lowest BCUT2D eigenvalue weighted by Gasteiger charge is -2.14. The van der Waals surface area contributed by atoms with E-state index < -0.39 is 0 Å². The highest BCUT2D eigenvalue weighted by atomic mass is 16.5. The molecule has 2 rings (SSSR count). The zero-order chi connectivity index (χ0) is 13.5. The lowest BCUT2D eigenvalue weighted by Crippen LogP contribution is -2.41. The van der Waals surface area contributed by atoms with Crippen LogP contribution in [0.5, 0.6) is 0 Å². The number of nitrogens with one attached hydrogen (secondary N) is 2. The molecule has 0 saturated carbocycles. The maximum atomic E-state index is 5.58. The standard InChI is InChI=1S/C12H22N6O/c1-3-13-12(14-7-10-5-4-6-19-10)15-8-11-16-9-17-18(11)2/h9-10H,3-8H2,1-2H3,(H2,13,14,15). The van der Waals surface area contributed by atoms with Crippen molar-refractivity contribution < 1.29 is 4.74 Å². The molecule has 0 amide bonds. The SMILES string of the molecule is CCNC(=NCc1ncnn1C)NCC1CCCO1. The average molecular weight is 266 g/mol. The molecular weight excluding hydrogens is 244 g/mol. The number of guanidine groups is 1. The van der Waals surface area contributed by atoms with Gasteiger partial charge in [0, 0.05) is 26.7 Å². The Kier molecular flexibility index (Phi) is 5.14. The first kappa shape index (κ1) is 13.8. The van der Waals surface area contributed by atoms with Crippen molar-refractivity contribution in [2.24, 2.45) is 12.0 Å². The van der Waals surface area contributed by atoms with Crippen LogP contribution in [0, 0.1) is 0 Å². The van der Waals surface area contributed by atoms with E-state index in [4.69, 9.17) is 4.74 Å². The molecule has 2 heterocycles. The van der Waals surface area contributed by atoms with Crippen molar-refractivity contribution in [3.63, 3.8) is 0 Å². The van der Waals surface area contributed by atoms with Crippen molar-refractivity contribution in [3.8, 4) is 0 Å². The van der Waals surface area contributed by atoms with Gasteiger partial charge >= 0.3 is 0 Å². The van der Waals surface area contributed by atoms with Crippen LogP contribution in [0.15, 0.2) is 11.3 Å². The molecule has 1 atom stereocenters. The molecule has 0 aliphatic carbocycles. The highest BCUT2D eigenvalue weighted by Crippen LogP contribution is 2.10. The van der Waals surface area contributed by atoms with Gasteiger partial charge in [0.2, 0.25) is 0 Å². The van der Waals surface area contributed by atoms with E-state index in [1.165, 1.54) is 6.33 Å². The lowest BCUT2D eigenvalue weighted by atomic mass is 10.2. The molecule has 0 spiro atoms. The first-order valence-corrected chi connectivity index (χ1v) is 6.76. The first-order valence-electron chi connectivity index (χ1n) is 6.76. The van der Waals surface area contributed by atoms with Crippen LogP contribution < -0.4 is 10.6 Å². The van der Waals surface area contributed by atoms with Crippen molar-refractivity contribution >= 4 is 5.96 Å². The fourth-order valence-corrected chi connectivity index (χ4v) is 1.97. The summed E-state index contributed by atoms with van der Waals surface area (Å²) in [5.74, 6) is 1.63. The van der Waals surface area contributed by atoms with Crippen LogP contribution in [-0.2, 0) is 18.3 Å². The molecule has 1 aromatic rings. The monoisotopic (exact) mass is 266 g/mol. The smallest absolute Gasteiger partial charge is 0.191 e. The number of aromatic nitrogens is 3. The summed E-state index contributed by atoms with van der Waals surface area (Å²) in [6, 6.07) is 0. The van der Waals surface area contributed by atoms with Gasteiger partial charge in [-0.25, -0.2) is 9.98 Å². The average Bonchev–Trinajstić information content (AvgIpc) is 3.04. The second kappa shape index (κ2) is 7.08. The molecular formula is C12H22N6O. The van der Waals surface area contributed by atoms with Gasteiger partial charge in [0.05, 0.1) is 6.10 Å². The van der Waals surface area contributed by atoms with Crippen LogP contribution in [0.1, 0.15) is 25.6 Å². The van der Waals surface area contributed by atoms with Gasteiger partial charge in [0.15, 0.2) is 5.96 Å². The number of rotatable bonds is 5. The largest absolute Gasteiger partial charge is 0.376 e. The van der Waals surface area contributed by atoms with Gasteiger partial charge in [-0.05, 0) is 19.8 Å². The minimum atomic E-state index is 0.304. The van der Waals surface area contributed by atoms with Crippen LogP contribution in [0.25, 0.3) is 0 Å². The summed E-state index contributed by atoms with van der Waals surface area (Å²) in [6.07, 6.45) is 4.12. The molecule has 106 valence electrons. The summed E-state index contributed by atoms with van der Waals surface area (Å²) in [5.41, 5.74) is 0. The van der Waals surface area contributed by atoms with Crippen LogP contribution in [0.2, 0.25) is 0 Å². The molecule has 0 bridgehead atoms. The molecule has 19 heavy (non-hydrogen) atoms. The maximum absolute atomic E-state index is 5.58. The van der Waals surface area contributed by atoms with E-state index in [9.17, 15) is 0 Å². The highest BCUT2D eigenvalue weighted by Gasteiger charge is 2.15. The molecule has 0 radical (unpaired) electrons. The van der Waals surface area contributed by atoms with E-state index in [0.29, 0.717) is 12.6 Å². The van der Waals surface area contributed by atoms with Gasteiger partial charge in [-0.2, -0.15) is 5.10 Å². The minimum absolute atomic E-state index is 0.304. The van der Waals surface area contributed by atoms with Crippen LogP contribution in [-0.4, -0.2) is 46.5 Å². The summed E-state index contributed by atoms with van der Waals surface area (Å²) in [5, 5.41) is 10.5. The van der Waals surface area contributed by atoms with E-state index >= 15 is 0 Å². The third-order valence-corrected chi connectivity index (χ3v) is 3.05. The predicted octanol–water partition coefficient (Wildman–Crippen LogP) is 0.0492. The van der Waals surface area contributed by atoms with Crippen molar-refractivity contribution in [3.05, 3.63) is 12.2 Å². The molecule has 1 aliphatic rings. The van der Waals surface area contributed by atoms with Gasteiger partial charge in [0.1, 0.15) is 18.7 Å². The summed E-state index contributed by atoms with van der Waals surface area (Å²) in [7, 11) is 1.87. The van der Waals surface area contributed by atoms with Gasteiger partial charge < -0.3 is 15.4 Å². The van der Waals surface area contributed by atoms with E-state index in [-0.39, 0.29) is 0 Å². The van der Waals surface area contributed by atoms with Crippen LogP contribution in [0.3, 0.4) is 0 Å². The minimum Gasteiger partial charge on any atom is -0.376 e. The van der Waals surface area contributed by atoms with Gasteiger partial charge in [-0.3, -0.25) is 4.68 Å². The lowest BCUT2D eigenvalue weighted by molar-refractivity contribution is 0.114. The Morgan fingerprint density at radius 3 is 3.11 bits per heavy atom. The number of aryl methyl sites for hydroxylation is 1. The zero-order valence-corrected chi connectivity index (χ0v) is 11.6. The first-order chi connectivity index (χ1) is 9.29. The number of hydrogen-bond acceptors (Lipinski definition) is 4. The number of aliphatic imine (C=N–C) groups is 1. The maximum Gasteiger partial charge on any atom is 0.191 e. The molecule has 1 fully saturated rings. The molecule has 1 aliphatic heterocycles. The Morgan fingerprint density at radius 1 is 1.58 bits per heavy atom. The summed E-state index contributed by atoms with van der Waals surface area (Å²) >= 11 is 0. The Balaban J connectivity index is 1.85. The number of hydrogen-bond donors (Lipinski definition) is 2. The van der Waals surface area contributed by atoms with Gasteiger partial charge in [-0.15, -0.1) is 0 Å². The summed E-state index contributed by atoms with van der Waals surface area (Å²) < 4.78 is 7.31. The third-order valence-electron chi connectivity index (χ3n) is 3.05. The second-order valence-electron chi connectivity index (χ2n) is 4.51. The van der Waals surface area contributed by atoms with E-state index in [1.54, 1.807) is 4.68 Å². The van der Waals surface area contributed by atoms with Gasteiger partial charge in [-0.1, -0.05) is 0 Å². The fraction of sp³-hybridized carbons (Fsp3) is 0.750. The topological polar surface area (TPSA) is 76.4 Å². The predicted molar refractivity (Wildman–Crippen MR) is 72.8 cm³/mol. The Morgan fingerprint density at radius 2 is 2.47 bits per heavy atom. The van der Waals surface area contributed by atoms with Crippen molar-refractivity contribution in [1.82, 2.24) is 25.4 Å². The van der Waals surface area contributed by atoms with E-state index in [1.807, 2.05) is 14.0 Å². The Bertz CT molecular complexity index is 410. The molecule has 7 heteroatoms. The summed E-state index contributed by atoms with van der Waals surface area (Å²) in [4.78, 5) is 8.64. The van der Waals surface area contributed by atoms with Crippen molar-refractivity contribution in [2.75, 3.05) is 19.7 Å². The molecule has 1 aromatic heterocycles. The van der Waals surface area contributed by atoms with Gasteiger partial charge in [0.25, 0.3) is 0 Å². The zero-order valence-electron chi connectivity index (χ0n) is 11.6. The number of ether oxygens (including phenoxy) is 1. The quantitative estimate of drug-likeness (QED) is 0.582. The normalized spacial score (nSPS) is 19.7. The number of nitrogens with zero attached hydrogens (tertiary/aromatic N) is 4. The van der Waals surface area contributed by atoms with E-state index in [2.05, 4.69) is 25.7 Å². The third kappa shape index (κ3) is 4.20. The molecule has 7 nitrogen and oxygen atoms in total.